The van der Waals surface area contributed by atoms with Crippen LogP contribution in [0.5, 0.6) is 5.75 Å². The fraction of sp³-hybridized carbons (Fsp3) is 0.333. The van der Waals surface area contributed by atoms with Crippen LogP contribution in [0.1, 0.15) is 41.3 Å². The van der Waals surface area contributed by atoms with Crippen molar-refractivity contribution < 1.29 is 19.4 Å². The number of hydrogen-bond donors (Lipinski definition) is 1. The van der Waals surface area contributed by atoms with Crippen molar-refractivity contribution in [3.8, 4) is 17.5 Å². The van der Waals surface area contributed by atoms with Gasteiger partial charge in [0.25, 0.3) is 0 Å². The first kappa shape index (κ1) is 17.6. The van der Waals surface area contributed by atoms with Gasteiger partial charge in [0, 0.05) is 31.3 Å². The van der Waals surface area contributed by atoms with E-state index in [0.717, 1.165) is 30.5 Å². The summed E-state index contributed by atoms with van der Waals surface area (Å²) in [5.74, 6) is -0.842. The highest BCUT2D eigenvalue weighted by Crippen LogP contribution is 2.25. The lowest BCUT2D eigenvalue weighted by molar-refractivity contribution is 0.0483. The van der Waals surface area contributed by atoms with E-state index in [9.17, 15) is 15.2 Å². The molecule has 126 valence electrons. The minimum atomic E-state index is -1.07. The number of carboxylic acid groups (broad SMARTS) is 1. The smallest absolute Gasteiger partial charge is 0.339 e. The fourth-order valence-electron chi connectivity index (χ4n) is 2.40. The molecule has 1 aromatic carbocycles. The lowest BCUT2D eigenvalue weighted by Gasteiger charge is -2.11. The number of methoxy groups -OCH3 is 1. The summed E-state index contributed by atoms with van der Waals surface area (Å²) in [6.07, 6.45) is 6.56. The molecule has 1 N–H and O–H groups in total. The van der Waals surface area contributed by atoms with Crippen molar-refractivity contribution >= 4 is 5.97 Å². The number of carboxylic acids is 1. The first-order chi connectivity index (χ1) is 11.6. The summed E-state index contributed by atoms with van der Waals surface area (Å²) in [5.41, 5.74) is 2.41. The molecule has 0 spiro atoms. The van der Waals surface area contributed by atoms with Crippen molar-refractivity contribution in [3.05, 3.63) is 47.3 Å². The summed E-state index contributed by atoms with van der Waals surface area (Å²) in [6.45, 7) is 2.06. The van der Waals surface area contributed by atoms with E-state index in [1.165, 1.54) is 13.2 Å². The monoisotopic (exact) mass is 328 g/mol. The van der Waals surface area contributed by atoms with Crippen molar-refractivity contribution in [2.75, 3.05) is 13.9 Å². The molecule has 0 atom stereocenters. The van der Waals surface area contributed by atoms with E-state index in [1.54, 1.807) is 18.3 Å². The molecule has 2 aromatic rings. The van der Waals surface area contributed by atoms with Crippen LogP contribution in [0, 0.1) is 11.3 Å². The van der Waals surface area contributed by atoms with Gasteiger partial charge in [-0.25, -0.2) is 4.79 Å². The highest BCUT2D eigenvalue weighted by molar-refractivity contribution is 5.91. The maximum absolute atomic E-state index is 11.3. The van der Waals surface area contributed by atoms with Crippen LogP contribution in [0.15, 0.2) is 30.6 Å². The number of benzene rings is 1. The summed E-state index contributed by atoms with van der Waals surface area (Å²) in [6, 6.07) is 7.01. The molecule has 6 heteroatoms. The van der Waals surface area contributed by atoms with Crippen LogP contribution >= 0.6 is 0 Å². The van der Waals surface area contributed by atoms with Gasteiger partial charge >= 0.3 is 5.97 Å². The fourth-order valence-corrected chi connectivity index (χ4v) is 2.40. The molecule has 0 aliphatic heterocycles. The quantitative estimate of drug-likeness (QED) is 0.751. The Kier molecular flexibility index (Phi) is 5.99. The SMILES string of the molecule is CCCCc1cn(-c2ccc(C(=O)O)c(OCOC)c2)cc1C#N. The molecular weight excluding hydrogens is 308 g/mol. The van der Waals surface area contributed by atoms with Crippen LogP contribution in [0.25, 0.3) is 5.69 Å². The van der Waals surface area contributed by atoms with Gasteiger partial charge in [-0.05, 0) is 30.5 Å². The zero-order valence-corrected chi connectivity index (χ0v) is 13.8. The lowest BCUT2D eigenvalue weighted by Crippen LogP contribution is -2.06. The minimum absolute atomic E-state index is 0.0411. The molecule has 0 fully saturated rings. The molecule has 2 rings (SSSR count). The summed E-state index contributed by atoms with van der Waals surface area (Å²) < 4.78 is 12.0. The Labute approximate surface area is 140 Å². The van der Waals surface area contributed by atoms with E-state index in [1.807, 2.05) is 10.8 Å². The highest BCUT2D eigenvalue weighted by atomic mass is 16.7. The molecule has 0 unspecified atom stereocenters. The third kappa shape index (κ3) is 3.94. The van der Waals surface area contributed by atoms with Crippen LogP contribution < -0.4 is 4.74 Å². The zero-order chi connectivity index (χ0) is 17.5. The van der Waals surface area contributed by atoms with E-state index >= 15 is 0 Å². The molecule has 1 aromatic heterocycles. The van der Waals surface area contributed by atoms with Crippen LogP contribution in [0.3, 0.4) is 0 Å². The van der Waals surface area contributed by atoms with Gasteiger partial charge in [0.05, 0.1) is 5.56 Å². The number of carbonyl (C=O) groups is 1. The molecule has 0 amide bonds. The molecule has 0 aliphatic rings. The topological polar surface area (TPSA) is 84.5 Å². The molecular formula is C18H20N2O4. The van der Waals surface area contributed by atoms with Crippen molar-refractivity contribution in [2.45, 2.75) is 26.2 Å². The Balaban J connectivity index is 2.39. The number of nitriles is 1. The molecule has 24 heavy (non-hydrogen) atoms. The van der Waals surface area contributed by atoms with Gasteiger partial charge in [-0.1, -0.05) is 13.3 Å². The first-order valence-electron chi connectivity index (χ1n) is 7.71. The van der Waals surface area contributed by atoms with Crippen LogP contribution in [-0.4, -0.2) is 29.5 Å². The highest BCUT2D eigenvalue weighted by Gasteiger charge is 2.14. The molecule has 1 heterocycles. The summed E-state index contributed by atoms with van der Waals surface area (Å²) >= 11 is 0. The van der Waals surface area contributed by atoms with E-state index in [4.69, 9.17) is 9.47 Å². The second kappa shape index (κ2) is 8.18. The number of hydrogen-bond acceptors (Lipinski definition) is 4. The van der Waals surface area contributed by atoms with Gasteiger partial charge in [0.1, 0.15) is 17.4 Å². The van der Waals surface area contributed by atoms with Crippen LogP contribution in [0.4, 0.5) is 0 Å². The van der Waals surface area contributed by atoms with E-state index < -0.39 is 5.97 Å². The normalized spacial score (nSPS) is 10.4. The van der Waals surface area contributed by atoms with Crippen molar-refractivity contribution in [1.29, 1.82) is 5.26 Å². The average molecular weight is 328 g/mol. The Bertz CT molecular complexity index is 759. The third-order valence-corrected chi connectivity index (χ3v) is 3.66. The van der Waals surface area contributed by atoms with Gasteiger partial charge in [-0.2, -0.15) is 5.26 Å². The summed E-state index contributed by atoms with van der Waals surface area (Å²) in [5, 5.41) is 18.5. The van der Waals surface area contributed by atoms with E-state index in [-0.39, 0.29) is 18.1 Å². The lowest BCUT2D eigenvalue weighted by atomic mass is 10.1. The van der Waals surface area contributed by atoms with Gasteiger partial charge < -0.3 is 19.1 Å². The molecule has 0 bridgehead atoms. The third-order valence-electron chi connectivity index (χ3n) is 3.66. The van der Waals surface area contributed by atoms with E-state index in [0.29, 0.717) is 5.56 Å². The first-order valence-corrected chi connectivity index (χ1v) is 7.71. The van der Waals surface area contributed by atoms with Gasteiger partial charge in [-0.15, -0.1) is 0 Å². The Morgan fingerprint density at radius 3 is 2.79 bits per heavy atom. The Hall–Kier alpha value is -2.78. The van der Waals surface area contributed by atoms with Crippen molar-refractivity contribution in [2.24, 2.45) is 0 Å². The minimum Gasteiger partial charge on any atom is -0.478 e. The zero-order valence-electron chi connectivity index (χ0n) is 13.8. The molecule has 0 saturated heterocycles. The largest absolute Gasteiger partial charge is 0.478 e. The second-order valence-corrected chi connectivity index (χ2v) is 5.36. The number of aromatic nitrogens is 1. The maximum Gasteiger partial charge on any atom is 0.339 e. The number of ether oxygens (including phenoxy) is 2. The average Bonchev–Trinajstić information content (AvgIpc) is 3.00. The summed E-state index contributed by atoms with van der Waals surface area (Å²) in [7, 11) is 1.47. The van der Waals surface area contributed by atoms with Crippen molar-refractivity contribution in [1.82, 2.24) is 4.57 Å². The predicted molar refractivity (Wildman–Crippen MR) is 88.6 cm³/mol. The number of unbranched alkanes of at least 4 members (excludes halogenated alkanes) is 1. The van der Waals surface area contributed by atoms with Crippen molar-refractivity contribution in [3.63, 3.8) is 0 Å². The second-order valence-electron chi connectivity index (χ2n) is 5.36. The molecule has 0 aliphatic carbocycles. The van der Waals surface area contributed by atoms with Gasteiger partial charge in [0.15, 0.2) is 6.79 Å². The Morgan fingerprint density at radius 2 is 2.17 bits per heavy atom. The van der Waals surface area contributed by atoms with E-state index in [2.05, 4.69) is 13.0 Å². The van der Waals surface area contributed by atoms with Gasteiger partial charge in [0.2, 0.25) is 0 Å². The predicted octanol–water partition coefficient (Wildman–Crippen LogP) is 3.37. The van der Waals surface area contributed by atoms with Gasteiger partial charge in [-0.3, -0.25) is 0 Å². The Morgan fingerprint density at radius 1 is 1.38 bits per heavy atom. The number of rotatable bonds is 8. The molecule has 0 saturated carbocycles. The molecule has 6 nitrogen and oxygen atoms in total. The maximum atomic E-state index is 11.3. The number of nitrogens with zero attached hydrogens (tertiary/aromatic N) is 2. The number of aromatic carboxylic acids is 1. The van der Waals surface area contributed by atoms with Crippen LogP contribution in [-0.2, 0) is 11.2 Å². The standard InChI is InChI=1S/C18H20N2O4/c1-3-4-5-13-10-20(11-14(13)9-19)15-6-7-16(18(21)22)17(8-15)24-12-23-2/h6-8,10-11H,3-5,12H2,1-2H3,(H,21,22). The molecule has 0 radical (unpaired) electrons. The van der Waals surface area contributed by atoms with Crippen LogP contribution in [0.2, 0.25) is 0 Å². The number of aryl methyl sites for hydroxylation is 1. The summed E-state index contributed by atoms with van der Waals surface area (Å²) in [4.78, 5) is 11.3.